The quantitative estimate of drug-likeness (QED) is 0.437. The lowest BCUT2D eigenvalue weighted by molar-refractivity contribution is -0.135. The molecule has 9 heteroatoms. The number of amides is 2. The number of piperidine rings is 1. The van der Waals surface area contributed by atoms with Crippen molar-refractivity contribution in [1.82, 2.24) is 15.1 Å². The smallest absolute Gasteiger partial charge is 0.246 e. The van der Waals surface area contributed by atoms with Crippen LogP contribution in [0.15, 0.2) is 24.8 Å². The summed E-state index contributed by atoms with van der Waals surface area (Å²) >= 11 is 6.97. The van der Waals surface area contributed by atoms with Crippen molar-refractivity contribution >= 4 is 29.1 Å². The number of hydrogen-bond donors (Lipinski definition) is 2. The molecule has 222 valence electrons. The van der Waals surface area contributed by atoms with E-state index < -0.39 is 0 Å². The van der Waals surface area contributed by atoms with Gasteiger partial charge in [0, 0.05) is 56.8 Å². The van der Waals surface area contributed by atoms with Crippen LogP contribution in [0, 0.1) is 5.41 Å². The molecule has 2 saturated heterocycles. The Kier molecular flexibility index (Phi) is 11.2. The Morgan fingerprint density at radius 2 is 1.68 bits per heavy atom. The van der Waals surface area contributed by atoms with Crippen LogP contribution in [0.4, 0.5) is 5.69 Å². The van der Waals surface area contributed by atoms with Crippen molar-refractivity contribution in [3.63, 3.8) is 0 Å². The molecule has 2 amide bonds. The van der Waals surface area contributed by atoms with Crippen LogP contribution in [0.3, 0.4) is 0 Å². The first kappa shape index (κ1) is 30.7. The molecular formula is C31H47ClN4O4. The van der Waals surface area contributed by atoms with E-state index in [1.165, 1.54) is 63.9 Å². The van der Waals surface area contributed by atoms with Gasteiger partial charge in [0.1, 0.15) is 12.0 Å². The Morgan fingerprint density at radius 1 is 1.05 bits per heavy atom. The van der Waals surface area contributed by atoms with Gasteiger partial charge < -0.3 is 24.6 Å². The van der Waals surface area contributed by atoms with E-state index in [9.17, 15) is 9.59 Å². The Morgan fingerprint density at radius 3 is 2.27 bits per heavy atom. The second-order valence-corrected chi connectivity index (χ2v) is 12.0. The highest BCUT2D eigenvalue weighted by atomic mass is 35.5. The van der Waals surface area contributed by atoms with Crippen molar-refractivity contribution in [2.75, 3.05) is 58.8 Å². The van der Waals surface area contributed by atoms with Crippen molar-refractivity contribution < 1.29 is 19.1 Å². The maximum Gasteiger partial charge on any atom is 0.246 e. The molecule has 3 aliphatic rings. The number of nitrogens with zero attached hydrogens (tertiary/aromatic N) is 2. The van der Waals surface area contributed by atoms with Crippen molar-refractivity contribution in [3.8, 4) is 5.75 Å². The fourth-order valence-corrected chi connectivity index (χ4v) is 7.19. The van der Waals surface area contributed by atoms with Gasteiger partial charge in [0.2, 0.25) is 11.8 Å². The van der Waals surface area contributed by atoms with E-state index in [2.05, 4.69) is 23.3 Å². The lowest BCUT2D eigenvalue weighted by Crippen LogP contribution is -2.51. The standard InChI is InChI=1S/C31H47ClN4O4/c1-4-29(37)35-14-16-36(17-15-35)30(38)22-33-26-18-23(25(32)19-27(26)39-2)24-21-34-28(40-3)20-31(24)12-10-8-6-5-7-9-11-13-31/h4,18-19,24,28,33-34H,1,5-17,20-22H2,2-3H3. The Balaban J connectivity index is 1.53. The maximum atomic E-state index is 13.1. The van der Waals surface area contributed by atoms with Crippen molar-refractivity contribution in [1.29, 1.82) is 0 Å². The van der Waals surface area contributed by atoms with Crippen molar-refractivity contribution in [2.45, 2.75) is 76.4 Å². The van der Waals surface area contributed by atoms with Gasteiger partial charge in [-0.1, -0.05) is 63.1 Å². The molecule has 4 rings (SSSR count). The number of hydrogen-bond acceptors (Lipinski definition) is 6. The van der Waals surface area contributed by atoms with Gasteiger partial charge in [0.05, 0.1) is 19.3 Å². The lowest BCUT2D eigenvalue weighted by atomic mass is 9.62. The zero-order valence-corrected chi connectivity index (χ0v) is 25.1. The molecule has 1 aliphatic carbocycles. The van der Waals surface area contributed by atoms with E-state index in [4.69, 9.17) is 21.1 Å². The topological polar surface area (TPSA) is 83.1 Å². The summed E-state index contributed by atoms with van der Waals surface area (Å²) in [7, 11) is 3.42. The van der Waals surface area contributed by atoms with Gasteiger partial charge in [-0.15, -0.1) is 0 Å². The molecular weight excluding hydrogens is 528 g/mol. The van der Waals surface area contributed by atoms with Gasteiger partial charge in [-0.3, -0.25) is 14.9 Å². The van der Waals surface area contributed by atoms with Crippen LogP contribution in [-0.4, -0.2) is 81.3 Å². The highest BCUT2D eigenvalue weighted by Crippen LogP contribution is 2.52. The third-order valence-electron chi connectivity index (χ3n) is 9.26. The van der Waals surface area contributed by atoms with Gasteiger partial charge in [-0.05, 0) is 42.4 Å². The number of halogens is 1. The molecule has 0 radical (unpaired) electrons. The van der Waals surface area contributed by atoms with Gasteiger partial charge in [-0.25, -0.2) is 0 Å². The van der Waals surface area contributed by atoms with Crippen LogP contribution in [0.1, 0.15) is 75.7 Å². The number of carbonyl (C=O) groups excluding carboxylic acids is 2. The molecule has 0 bridgehead atoms. The normalized spacial score (nSPS) is 23.9. The predicted octanol–water partition coefficient (Wildman–Crippen LogP) is 5.18. The van der Waals surface area contributed by atoms with E-state index in [0.29, 0.717) is 37.0 Å². The molecule has 1 aromatic carbocycles. The summed E-state index contributed by atoms with van der Waals surface area (Å²) in [6.07, 6.45) is 13.7. The molecule has 2 atom stereocenters. The summed E-state index contributed by atoms with van der Waals surface area (Å²) < 4.78 is 11.5. The van der Waals surface area contributed by atoms with E-state index in [-0.39, 0.29) is 35.9 Å². The van der Waals surface area contributed by atoms with Gasteiger partial charge >= 0.3 is 0 Å². The molecule has 2 N–H and O–H groups in total. The monoisotopic (exact) mass is 574 g/mol. The molecule has 2 aliphatic heterocycles. The maximum absolute atomic E-state index is 13.1. The molecule has 1 aromatic rings. The minimum atomic E-state index is -0.0917. The van der Waals surface area contributed by atoms with Crippen LogP contribution in [-0.2, 0) is 14.3 Å². The number of anilines is 1. The second-order valence-electron chi connectivity index (χ2n) is 11.6. The highest BCUT2D eigenvalue weighted by Gasteiger charge is 2.45. The third kappa shape index (κ3) is 7.31. The number of piperazine rings is 1. The number of ether oxygens (including phenoxy) is 2. The zero-order chi connectivity index (χ0) is 28.5. The largest absolute Gasteiger partial charge is 0.495 e. The van der Waals surface area contributed by atoms with Crippen molar-refractivity contribution in [3.05, 3.63) is 35.4 Å². The Labute approximate surface area is 244 Å². The first-order chi connectivity index (χ1) is 19.4. The van der Waals surface area contributed by atoms with Crippen LogP contribution >= 0.6 is 11.6 Å². The number of nitrogens with one attached hydrogen (secondary N) is 2. The SMILES string of the molecule is C=CC(=O)N1CCN(C(=O)CNc2cc(C3CNC(OC)CC34CCCCCCCCC4)c(Cl)cc2OC)CC1. The van der Waals surface area contributed by atoms with E-state index in [1.807, 2.05) is 6.07 Å². The summed E-state index contributed by atoms with van der Waals surface area (Å²) in [5, 5.41) is 7.66. The molecule has 0 aromatic heterocycles. The third-order valence-corrected chi connectivity index (χ3v) is 9.58. The zero-order valence-electron chi connectivity index (χ0n) is 24.3. The number of carbonyl (C=O) groups is 2. The average Bonchev–Trinajstić information content (AvgIpc) is 2.99. The fraction of sp³-hybridized carbons (Fsp3) is 0.677. The molecule has 2 heterocycles. The van der Waals surface area contributed by atoms with Crippen LogP contribution in [0.25, 0.3) is 0 Å². The molecule has 3 fully saturated rings. The fourth-order valence-electron chi connectivity index (χ4n) is 6.91. The molecule has 1 spiro atoms. The van der Waals surface area contributed by atoms with Gasteiger partial charge in [0.15, 0.2) is 0 Å². The van der Waals surface area contributed by atoms with Crippen LogP contribution in [0.2, 0.25) is 5.02 Å². The molecule has 40 heavy (non-hydrogen) atoms. The molecule has 8 nitrogen and oxygen atoms in total. The van der Waals surface area contributed by atoms with Crippen LogP contribution < -0.4 is 15.4 Å². The van der Waals surface area contributed by atoms with E-state index >= 15 is 0 Å². The number of benzene rings is 1. The minimum absolute atomic E-state index is 0.00433. The van der Waals surface area contributed by atoms with E-state index in [0.717, 1.165) is 24.2 Å². The molecule has 1 saturated carbocycles. The predicted molar refractivity (Wildman–Crippen MR) is 160 cm³/mol. The second kappa shape index (κ2) is 14.6. The highest BCUT2D eigenvalue weighted by molar-refractivity contribution is 6.31. The summed E-state index contributed by atoms with van der Waals surface area (Å²) in [6.45, 7) is 6.57. The van der Waals surface area contributed by atoms with Gasteiger partial charge in [-0.2, -0.15) is 0 Å². The van der Waals surface area contributed by atoms with Gasteiger partial charge in [0.25, 0.3) is 0 Å². The first-order valence-corrected chi connectivity index (χ1v) is 15.3. The number of rotatable bonds is 7. The summed E-state index contributed by atoms with van der Waals surface area (Å²) in [4.78, 5) is 28.5. The molecule has 2 unspecified atom stereocenters. The Bertz CT molecular complexity index is 1020. The van der Waals surface area contributed by atoms with Crippen LogP contribution in [0.5, 0.6) is 5.75 Å². The van der Waals surface area contributed by atoms with E-state index in [1.54, 1.807) is 24.0 Å². The summed E-state index contributed by atoms with van der Waals surface area (Å²) in [5.41, 5.74) is 1.99. The Hall–Kier alpha value is -2.29. The summed E-state index contributed by atoms with van der Waals surface area (Å²) in [6, 6.07) is 3.99. The first-order valence-electron chi connectivity index (χ1n) is 15.0. The average molecular weight is 575 g/mol. The van der Waals surface area contributed by atoms with Crippen molar-refractivity contribution in [2.24, 2.45) is 5.41 Å². The lowest BCUT2D eigenvalue weighted by Gasteiger charge is -2.48. The summed E-state index contributed by atoms with van der Waals surface area (Å²) in [5.74, 6) is 0.770. The number of methoxy groups -OCH3 is 2. The minimum Gasteiger partial charge on any atom is -0.495 e.